The standard InChI is InChI=1S/C11H14N2O4.C2H6/c1-11(2,3)17-10(15)7-16-8-4-12-9(6-14)13-5-8;1-2/h4-6H,7H2,1-3H3;1-2H3. The molecule has 0 N–H and O–H groups in total. The lowest BCUT2D eigenvalue weighted by Gasteiger charge is -2.19. The second-order valence-corrected chi connectivity index (χ2v) is 4.27. The molecule has 1 rings (SSSR count). The Morgan fingerprint density at radius 2 is 1.79 bits per heavy atom. The van der Waals surface area contributed by atoms with Crippen molar-refractivity contribution < 1.29 is 19.1 Å². The molecule has 0 aliphatic rings. The van der Waals surface area contributed by atoms with Crippen LogP contribution in [0.15, 0.2) is 12.4 Å². The van der Waals surface area contributed by atoms with Gasteiger partial charge in [0.2, 0.25) is 0 Å². The lowest BCUT2D eigenvalue weighted by atomic mass is 10.2. The average molecular weight is 268 g/mol. The van der Waals surface area contributed by atoms with Gasteiger partial charge >= 0.3 is 5.97 Å². The summed E-state index contributed by atoms with van der Waals surface area (Å²) in [6.45, 7) is 9.09. The van der Waals surface area contributed by atoms with Crippen LogP contribution in [0.3, 0.4) is 0 Å². The van der Waals surface area contributed by atoms with Gasteiger partial charge in [-0.1, -0.05) is 13.8 Å². The van der Waals surface area contributed by atoms with Crippen LogP contribution in [0.25, 0.3) is 0 Å². The van der Waals surface area contributed by atoms with Crippen molar-refractivity contribution in [2.75, 3.05) is 6.61 Å². The summed E-state index contributed by atoms with van der Waals surface area (Å²) in [4.78, 5) is 29.0. The Hall–Kier alpha value is -1.98. The molecule has 0 aromatic carbocycles. The first-order valence-electron chi connectivity index (χ1n) is 6.02. The number of rotatable bonds is 4. The van der Waals surface area contributed by atoms with Crippen LogP contribution >= 0.6 is 0 Å². The normalized spacial score (nSPS) is 9.95. The van der Waals surface area contributed by atoms with Gasteiger partial charge in [-0.3, -0.25) is 4.79 Å². The summed E-state index contributed by atoms with van der Waals surface area (Å²) in [5, 5.41) is 0. The molecule has 0 unspecified atom stereocenters. The molecule has 0 saturated carbocycles. The van der Waals surface area contributed by atoms with Gasteiger partial charge in [0.25, 0.3) is 0 Å². The van der Waals surface area contributed by atoms with Crippen LogP contribution in [-0.4, -0.2) is 34.4 Å². The summed E-state index contributed by atoms with van der Waals surface area (Å²) in [6.07, 6.45) is 3.17. The van der Waals surface area contributed by atoms with Gasteiger partial charge in [-0.2, -0.15) is 0 Å². The molecule has 106 valence electrons. The van der Waals surface area contributed by atoms with E-state index in [4.69, 9.17) is 9.47 Å². The second-order valence-electron chi connectivity index (χ2n) is 4.27. The summed E-state index contributed by atoms with van der Waals surface area (Å²) >= 11 is 0. The van der Waals surface area contributed by atoms with E-state index >= 15 is 0 Å². The topological polar surface area (TPSA) is 78.4 Å². The maximum atomic E-state index is 11.3. The number of ether oxygens (including phenoxy) is 2. The maximum Gasteiger partial charge on any atom is 0.344 e. The monoisotopic (exact) mass is 268 g/mol. The fraction of sp³-hybridized carbons (Fsp3) is 0.538. The highest BCUT2D eigenvalue weighted by molar-refractivity contribution is 5.71. The molecule has 0 spiro atoms. The minimum absolute atomic E-state index is 0.0645. The number of esters is 1. The van der Waals surface area contributed by atoms with E-state index in [0.717, 1.165) is 0 Å². The largest absolute Gasteiger partial charge is 0.479 e. The first-order valence-corrected chi connectivity index (χ1v) is 6.02. The van der Waals surface area contributed by atoms with Gasteiger partial charge in [0.15, 0.2) is 24.5 Å². The quantitative estimate of drug-likeness (QED) is 0.614. The van der Waals surface area contributed by atoms with E-state index in [1.54, 1.807) is 20.8 Å². The molecule has 0 atom stereocenters. The van der Waals surface area contributed by atoms with Crippen LogP contribution in [0.2, 0.25) is 0 Å². The van der Waals surface area contributed by atoms with Crippen molar-refractivity contribution in [3.05, 3.63) is 18.2 Å². The summed E-state index contributed by atoms with van der Waals surface area (Å²) < 4.78 is 10.1. The number of hydrogen-bond donors (Lipinski definition) is 0. The SMILES string of the molecule is CC.CC(C)(C)OC(=O)COc1cnc(C=O)nc1. The van der Waals surface area contributed by atoms with Crippen LogP contribution < -0.4 is 4.74 Å². The van der Waals surface area contributed by atoms with E-state index < -0.39 is 11.6 Å². The number of aromatic nitrogens is 2. The Bertz CT molecular complexity index is 396. The van der Waals surface area contributed by atoms with Crippen molar-refractivity contribution in [1.82, 2.24) is 9.97 Å². The summed E-state index contributed by atoms with van der Waals surface area (Å²) in [5.74, 6) is -0.104. The molecular formula is C13H20N2O4. The molecule has 19 heavy (non-hydrogen) atoms. The fourth-order valence-corrected chi connectivity index (χ4v) is 0.975. The van der Waals surface area contributed by atoms with Crippen LogP contribution in [0.4, 0.5) is 0 Å². The molecule has 1 heterocycles. The van der Waals surface area contributed by atoms with Crippen molar-refractivity contribution >= 4 is 12.3 Å². The molecular weight excluding hydrogens is 248 g/mol. The summed E-state index contributed by atoms with van der Waals surface area (Å²) in [7, 11) is 0. The van der Waals surface area contributed by atoms with Crippen LogP contribution in [0.5, 0.6) is 5.75 Å². The summed E-state index contributed by atoms with van der Waals surface area (Å²) in [5.41, 5.74) is -0.543. The van der Waals surface area contributed by atoms with Gasteiger partial charge in [0.1, 0.15) is 5.60 Å². The lowest BCUT2D eigenvalue weighted by Crippen LogP contribution is -2.27. The highest BCUT2D eigenvalue weighted by atomic mass is 16.6. The third-order valence-corrected chi connectivity index (χ3v) is 1.53. The summed E-state index contributed by atoms with van der Waals surface area (Å²) in [6, 6.07) is 0. The van der Waals surface area contributed by atoms with Crippen molar-refractivity contribution in [3.63, 3.8) is 0 Å². The number of carbonyl (C=O) groups excluding carboxylic acids is 2. The Labute approximate surface area is 113 Å². The highest BCUT2D eigenvalue weighted by Gasteiger charge is 2.16. The Balaban J connectivity index is 0.00000154. The van der Waals surface area contributed by atoms with E-state index in [1.807, 2.05) is 13.8 Å². The van der Waals surface area contributed by atoms with E-state index in [9.17, 15) is 9.59 Å². The third-order valence-electron chi connectivity index (χ3n) is 1.53. The first-order chi connectivity index (χ1) is 8.90. The Morgan fingerprint density at radius 1 is 1.26 bits per heavy atom. The molecule has 0 amide bonds. The zero-order valence-electron chi connectivity index (χ0n) is 12.0. The zero-order valence-corrected chi connectivity index (χ0v) is 12.0. The van der Waals surface area contributed by atoms with Gasteiger partial charge in [-0.05, 0) is 20.8 Å². The Kier molecular flexibility index (Phi) is 7.33. The molecule has 0 aliphatic heterocycles. The van der Waals surface area contributed by atoms with Crippen molar-refractivity contribution in [1.29, 1.82) is 0 Å². The van der Waals surface area contributed by atoms with Gasteiger partial charge in [0, 0.05) is 0 Å². The predicted octanol–water partition coefficient (Wildman–Crippen LogP) is 2.04. The second kappa shape index (κ2) is 8.18. The molecule has 0 bridgehead atoms. The minimum Gasteiger partial charge on any atom is -0.479 e. The lowest BCUT2D eigenvalue weighted by molar-refractivity contribution is -0.157. The van der Waals surface area contributed by atoms with Crippen LogP contribution in [-0.2, 0) is 9.53 Å². The maximum absolute atomic E-state index is 11.3. The average Bonchev–Trinajstić information content (AvgIpc) is 2.37. The molecule has 0 fully saturated rings. The number of aldehydes is 1. The molecule has 6 nitrogen and oxygen atoms in total. The minimum atomic E-state index is -0.543. The Morgan fingerprint density at radius 3 is 2.21 bits per heavy atom. The molecule has 0 radical (unpaired) electrons. The van der Waals surface area contributed by atoms with E-state index in [2.05, 4.69) is 9.97 Å². The molecule has 0 saturated heterocycles. The van der Waals surface area contributed by atoms with Crippen LogP contribution in [0, 0.1) is 0 Å². The molecule has 1 aromatic heterocycles. The molecule has 1 aromatic rings. The predicted molar refractivity (Wildman–Crippen MR) is 70.1 cm³/mol. The number of hydrogen-bond acceptors (Lipinski definition) is 6. The van der Waals surface area contributed by atoms with Crippen LogP contribution in [0.1, 0.15) is 45.2 Å². The first kappa shape index (κ1) is 17.0. The van der Waals surface area contributed by atoms with Gasteiger partial charge in [-0.15, -0.1) is 0 Å². The number of carbonyl (C=O) groups is 2. The van der Waals surface area contributed by atoms with Crippen molar-refractivity contribution in [3.8, 4) is 5.75 Å². The van der Waals surface area contributed by atoms with E-state index in [1.165, 1.54) is 12.4 Å². The van der Waals surface area contributed by atoms with Crippen molar-refractivity contribution in [2.45, 2.75) is 40.2 Å². The van der Waals surface area contributed by atoms with Crippen molar-refractivity contribution in [2.24, 2.45) is 0 Å². The van der Waals surface area contributed by atoms with Gasteiger partial charge in [-0.25, -0.2) is 14.8 Å². The smallest absolute Gasteiger partial charge is 0.344 e. The third kappa shape index (κ3) is 7.86. The van der Waals surface area contributed by atoms with Gasteiger partial charge in [0.05, 0.1) is 12.4 Å². The fourth-order valence-electron chi connectivity index (χ4n) is 0.975. The zero-order chi connectivity index (χ0) is 14.9. The highest BCUT2D eigenvalue weighted by Crippen LogP contribution is 2.09. The van der Waals surface area contributed by atoms with E-state index in [-0.39, 0.29) is 12.4 Å². The van der Waals surface area contributed by atoms with E-state index in [0.29, 0.717) is 12.0 Å². The molecule has 0 aliphatic carbocycles. The molecule has 6 heteroatoms. The van der Waals surface area contributed by atoms with Gasteiger partial charge < -0.3 is 9.47 Å². The number of nitrogens with zero attached hydrogens (tertiary/aromatic N) is 2.